The Morgan fingerprint density at radius 2 is 2.46 bits per heavy atom. The zero-order valence-electron chi connectivity index (χ0n) is 7.23. The van der Waals surface area contributed by atoms with Crippen molar-refractivity contribution >= 4 is 0 Å². The van der Waals surface area contributed by atoms with Crippen molar-refractivity contribution in [2.24, 2.45) is 0 Å². The van der Waals surface area contributed by atoms with E-state index in [0.717, 1.165) is 12.4 Å². The largest absolute Gasteiger partial charge is 0.394 e. The van der Waals surface area contributed by atoms with E-state index in [2.05, 4.69) is 10.4 Å². The molecule has 6 heteroatoms. The highest BCUT2D eigenvalue weighted by atomic mass is 16.3. The van der Waals surface area contributed by atoms with Crippen LogP contribution in [0.1, 0.15) is 5.82 Å². The maximum Gasteiger partial charge on any atom is 0.346 e. The van der Waals surface area contributed by atoms with Crippen molar-refractivity contribution in [1.82, 2.24) is 19.7 Å². The molecule has 0 fully saturated rings. The summed E-state index contributed by atoms with van der Waals surface area (Å²) in [5.74, 6) is 0.754. The van der Waals surface area contributed by atoms with Crippen LogP contribution in [0.15, 0.2) is 4.79 Å². The Kier molecular flexibility index (Phi) is 2.15. The van der Waals surface area contributed by atoms with E-state index in [0.29, 0.717) is 13.1 Å². The summed E-state index contributed by atoms with van der Waals surface area (Å²) in [6.45, 7) is 2.33. The van der Waals surface area contributed by atoms with Gasteiger partial charge in [0.25, 0.3) is 0 Å². The molecular formula is C7H12N4O2. The molecule has 0 amide bonds. The molecule has 2 N–H and O–H groups in total. The van der Waals surface area contributed by atoms with Crippen LogP contribution in [0, 0.1) is 0 Å². The quantitative estimate of drug-likeness (QED) is 0.565. The maximum absolute atomic E-state index is 11.5. The first-order chi connectivity index (χ1) is 6.33. The predicted octanol–water partition coefficient (Wildman–Crippen LogP) is -1.86. The van der Waals surface area contributed by atoms with Crippen LogP contribution in [0.25, 0.3) is 0 Å². The molecule has 1 aromatic heterocycles. The molecule has 1 aliphatic heterocycles. The second kappa shape index (κ2) is 3.31. The third kappa shape index (κ3) is 1.38. The van der Waals surface area contributed by atoms with Gasteiger partial charge in [0, 0.05) is 13.1 Å². The number of nitrogens with zero attached hydrogens (tertiary/aromatic N) is 3. The molecule has 1 aliphatic rings. The van der Waals surface area contributed by atoms with Crippen LogP contribution in [-0.4, -0.2) is 32.6 Å². The minimum Gasteiger partial charge on any atom is -0.394 e. The molecule has 2 rings (SSSR count). The fourth-order valence-corrected chi connectivity index (χ4v) is 1.47. The van der Waals surface area contributed by atoms with Crippen LogP contribution in [0.5, 0.6) is 0 Å². The first-order valence-corrected chi connectivity index (χ1v) is 4.31. The van der Waals surface area contributed by atoms with Crippen molar-refractivity contribution in [2.75, 3.05) is 13.2 Å². The smallest absolute Gasteiger partial charge is 0.346 e. The predicted molar refractivity (Wildman–Crippen MR) is 45.3 cm³/mol. The summed E-state index contributed by atoms with van der Waals surface area (Å²) in [6.07, 6.45) is 0. The van der Waals surface area contributed by atoms with Crippen molar-refractivity contribution in [1.29, 1.82) is 0 Å². The third-order valence-corrected chi connectivity index (χ3v) is 2.11. The minimum atomic E-state index is -0.120. The van der Waals surface area contributed by atoms with Crippen molar-refractivity contribution in [3.63, 3.8) is 0 Å². The molecule has 0 radical (unpaired) electrons. The highest BCUT2D eigenvalue weighted by molar-refractivity contribution is 4.90. The Morgan fingerprint density at radius 1 is 1.62 bits per heavy atom. The average molecular weight is 184 g/mol. The van der Waals surface area contributed by atoms with Crippen LogP contribution in [0.2, 0.25) is 0 Å². The summed E-state index contributed by atoms with van der Waals surface area (Å²) in [6, 6.07) is 0. The SMILES string of the molecule is O=c1n(CCO)nc2n1CCNC2. The van der Waals surface area contributed by atoms with E-state index < -0.39 is 0 Å². The van der Waals surface area contributed by atoms with Gasteiger partial charge in [-0.1, -0.05) is 0 Å². The summed E-state index contributed by atoms with van der Waals surface area (Å²) in [5, 5.41) is 15.9. The third-order valence-electron chi connectivity index (χ3n) is 2.11. The highest BCUT2D eigenvalue weighted by Crippen LogP contribution is 1.96. The molecule has 0 aromatic carbocycles. The Bertz CT molecular complexity index is 354. The van der Waals surface area contributed by atoms with Gasteiger partial charge in [-0.3, -0.25) is 4.57 Å². The van der Waals surface area contributed by atoms with E-state index in [9.17, 15) is 4.79 Å². The van der Waals surface area contributed by atoms with E-state index in [4.69, 9.17) is 5.11 Å². The molecular weight excluding hydrogens is 172 g/mol. The number of rotatable bonds is 2. The van der Waals surface area contributed by atoms with E-state index in [1.54, 1.807) is 4.57 Å². The first-order valence-electron chi connectivity index (χ1n) is 4.31. The highest BCUT2D eigenvalue weighted by Gasteiger charge is 2.15. The lowest BCUT2D eigenvalue weighted by atomic mass is 10.4. The Morgan fingerprint density at radius 3 is 3.15 bits per heavy atom. The van der Waals surface area contributed by atoms with Gasteiger partial charge >= 0.3 is 5.69 Å². The van der Waals surface area contributed by atoms with Crippen molar-refractivity contribution in [3.05, 3.63) is 16.3 Å². The Balaban J connectivity index is 2.39. The van der Waals surface area contributed by atoms with E-state index in [1.807, 2.05) is 0 Å². The van der Waals surface area contributed by atoms with E-state index >= 15 is 0 Å². The van der Waals surface area contributed by atoms with Gasteiger partial charge in [0.2, 0.25) is 0 Å². The molecule has 72 valence electrons. The fraction of sp³-hybridized carbons (Fsp3) is 0.714. The Hall–Kier alpha value is -1.14. The first kappa shape index (κ1) is 8.46. The van der Waals surface area contributed by atoms with Crippen molar-refractivity contribution in [3.8, 4) is 0 Å². The van der Waals surface area contributed by atoms with Gasteiger partial charge < -0.3 is 10.4 Å². The summed E-state index contributed by atoms with van der Waals surface area (Å²) in [7, 11) is 0. The van der Waals surface area contributed by atoms with Gasteiger partial charge in [0.05, 0.1) is 19.7 Å². The molecule has 0 saturated heterocycles. The lowest BCUT2D eigenvalue weighted by molar-refractivity contribution is 0.266. The standard InChI is InChI=1S/C7H12N4O2/c12-4-3-11-7(13)10-2-1-8-5-6(10)9-11/h8,12H,1-5H2. The molecule has 0 bridgehead atoms. The second-order valence-electron chi connectivity index (χ2n) is 2.97. The normalized spacial score (nSPS) is 15.8. The number of aliphatic hydroxyl groups excluding tert-OH is 1. The number of hydrogen-bond acceptors (Lipinski definition) is 4. The number of hydrogen-bond donors (Lipinski definition) is 2. The van der Waals surface area contributed by atoms with Crippen molar-refractivity contribution < 1.29 is 5.11 Å². The molecule has 0 aliphatic carbocycles. The molecule has 2 heterocycles. The summed E-state index contributed by atoms with van der Waals surface area (Å²) in [5.41, 5.74) is -0.120. The molecule has 0 unspecified atom stereocenters. The number of aromatic nitrogens is 3. The van der Waals surface area contributed by atoms with Crippen molar-refractivity contribution in [2.45, 2.75) is 19.6 Å². The van der Waals surface area contributed by atoms with E-state index in [1.165, 1.54) is 4.68 Å². The molecule has 6 nitrogen and oxygen atoms in total. The van der Waals surface area contributed by atoms with Gasteiger partial charge in [0.1, 0.15) is 5.82 Å². The van der Waals surface area contributed by atoms with Gasteiger partial charge in [-0.2, -0.15) is 5.10 Å². The van der Waals surface area contributed by atoms with Gasteiger partial charge in [-0.15, -0.1) is 0 Å². The monoisotopic (exact) mass is 184 g/mol. The molecule has 13 heavy (non-hydrogen) atoms. The average Bonchev–Trinajstić information content (AvgIpc) is 2.46. The molecule has 0 spiro atoms. The minimum absolute atomic E-state index is 0.0518. The summed E-state index contributed by atoms with van der Waals surface area (Å²) >= 11 is 0. The van der Waals surface area contributed by atoms with Gasteiger partial charge in [-0.05, 0) is 0 Å². The second-order valence-corrected chi connectivity index (χ2v) is 2.97. The van der Waals surface area contributed by atoms with Gasteiger partial charge in [0.15, 0.2) is 0 Å². The fourth-order valence-electron chi connectivity index (χ4n) is 1.47. The maximum atomic E-state index is 11.5. The number of nitrogens with one attached hydrogen (secondary N) is 1. The van der Waals surface area contributed by atoms with Crippen LogP contribution in [0.3, 0.4) is 0 Å². The lowest BCUT2D eigenvalue weighted by Gasteiger charge is -2.11. The topological polar surface area (TPSA) is 72.1 Å². The van der Waals surface area contributed by atoms with E-state index in [-0.39, 0.29) is 18.8 Å². The number of aliphatic hydroxyl groups is 1. The van der Waals surface area contributed by atoms with Crippen LogP contribution < -0.4 is 11.0 Å². The van der Waals surface area contributed by atoms with Crippen LogP contribution in [0.4, 0.5) is 0 Å². The Labute approximate surface area is 74.8 Å². The zero-order valence-corrected chi connectivity index (χ0v) is 7.23. The molecule has 0 saturated carbocycles. The number of fused-ring (bicyclic) bond motifs is 1. The van der Waals surface area contributed by atoms with Gasteiger partial charge in [-0.25, -0.2) is 9.48 Å². The van der Waals surface area contributed by atoms with Crippen LogP contribution >= 0.6 is 0 Å². The molecule has 0 atom stereocenters. The zero-order chi connectivity index (χ0) is 9.26. The summed E-state index contributed by atoms with van der Waals surface area (Å²) in [4.78, 5) is 11.5. The summed E-state index contributed by atoms with van der Waals surface area (Å²) < 4.78 is 2.95. The molecule has 1 aromatic rings. The van der Waals surface area contributed by atoms with Crippen LogP contribution in [-0.2, 0) is 19.6 Å². The lowest BCUT2D eigenvalue weighted by Crippen LogP contribution is -2.34.